The van der Waals surface area contributed by atoms with E-state index in [9.17, 15) is 0 Å². The molecule has 13 heavy (non-hydrogen) atoms. The van der Waals surface area contributed by atoms with Crippen LogP contribution in [0.25, 0.3) is 0 Å². The SMILES string of the molecule is CNCc1cc(CC(C)C)nn1C. The smallest absolute Gasteiger partial charge is 0.0630 e. The summed E-state index contributed by atoms with van der Waals surface area (Å²) in [6, 6.07) is 2.18. The number of hydrogen-bond donors (Lipinski definition) is 1. The maximum Gasteiger partial charge on any atom is 0.0630 e. The largest absolute Gasteiger partial charge is 0.314 e. The predicted molar refractivity (Wildman–Crippen MR) is 54.5 cm³/mol. The third-order valence-corrected chi connectivity index (χ3v) is 2.00. The van der Waals surface area contributed by atoms with Crippen LogP contribution in [0.5, 0.6) is 0 Å². The Morgan fingerprint density at radius 1 is 1.54 bits per heavy atom. The summed E-state index contributed by atoms with van der Waals surface area (Å²) in [5, 5.41) is 7.58. The van der Waals surface area contributed by atoms with Gasteiger partial charge in [-0.2, -0.15) is 5.10 Å². The lowest BCUT2D eigenvalue weighted by Gasteiger charge is -1.98. The molecule has 0 aliphatic rings. The highest BCUT2D eigenvalue weighted by molar-refractivity contribution is 5.10. The van der Waals surface area contributed by atoms with E-state index in [-0.39, 0.29) is 0 Å². The quantitative estimate of drug-likeness (QED) is 0.759. The van der Waals surface area contributed by atoms with Gasteiger partial charge in [0.15, 0.2) is 0 Å². The number of hydrogen-bond acceptors (Lipinski definition) is 2. The fourth-order valence-corrected chi connectivity index (χ4v) is 1.44. The Bertz CT molecular complexity index is 263. The molecule has 0 saturated heterocycles. The van der Waals surface area contributed by atoms with Crippen molar-refractivity contribution in [2.75, 3.05) is 7.05 Å². The van der Waals surface area contributed by atoms with Gasteiger partial charge in [0, 0.05) is 13.6 Å². The molecule has 0 aromatic carbocycles. The first kappa shape index (κ1) is 10.3. The summed E-state index contributed by atoms with van der Waals surface area (Å²) >= 11 is 0. The molecule has 0 amide bonds. The molecule has 3 heteroatoms. The van der Waals surface area contributed by atoms with Crippen LogP contribution in [0.2, 0.25) is 0 Å². The number of aryl methyl sites for hydroxylation is 1. The standard InChI is InChI=1S/C10H19N3/c1-8(2)5-9-6-10(7-11-3)13(4)12-9/h6,8,11H,5,7H2,1-4H3. The van der Waals surface area contributed by atoms with Crippen LogP contribution in [-0.4, -0.2) is 16.8 Å². The van der Waals surface area contributed by atoms with E-state index < -0.39 is 0 Å². The van der Waals surface area contributed by atoms with E-state index in [1.807, 2.05) is 18.8 Å². The highest BCUT2D eigenvalue weighted by Crippen LogP contribution is 2.08. The van der Waals surface area contributed by atoms with E-state index in [4.69, 9.17) is 0 Å². The summed E-state index contributed by atoms with van der Waals surface area (Å²) in [5.74, 6) is 0.678. The molecule has 0 bridgehead atoms. The Kier molecular flexibility index (Phi) is 3.48. The predicted octanol–water partition coefficient (Wildman–Crippen LogP) is 1.34. The summed E-state index contributed by atoms with van der Waals surface area (Å²) in [5.41, 5.74) is 2.45. The fourth-order valence-electron chi connectivity index (χ4n) is 1.44. The van der Waals surface area contributed by atoms with Crippen molar-refractivity contribution in [1.29, 1.82) is 0 Å². The maximum atomic E-state index is 4.45. The molecule has 1 rings (SSSR count). The van der Waals surface area contributed by atoms with Crippen LogP contribution in [0.4, 0.5) is 0 Å². The van der Waals surface area contributed by atoms with Gasteiger partial charge < -0.3 is 5.32 Å². The second-order valence-electron chi connectivity index (χ2n) is 3.88. The van der Waals surface area contributed by atoms with Crippen LogP contribution in [-0.2, 0) is 20.0 Å². The molecule has 74 valence electrons. The summed E-state index contributed by atoms with van der Waals surface area (Å²) < 4.78 is 1.95. The number of aromatic nitrogens is 2. The number of nitrogens with zero attached hydrogens (tertiary/aromatic N) is 2. The minimum atomic E-state index is 0.678. The molecular weight excluding hydrogens is 162 g/mol. The minimum Gasteiger partial charge on any atom is -0.314 e. The first-order chi connectivity index (χ1) is 6.13. The van der Waals surface area contributed by atoms with Crippen LogP contribution < -0.4 is 5.32 Å². The lowest BCUT2D eigenvalue weighted by molar-refractivity contribution is 0.613. The van der Waals surface area contributed by atoms with E-state index >= 15 is 0 Å². The Morgan fingerprint density at radius 3 is 2.77 bits per heavy atom. The summed E-state index contributed by atoms with van der Waals surface area (Å²) in [4.78, 5) is 0. The zero-order valence-corrected chi connectivity index (χ0v) is 8.96. The number of nitrogens with one attached hydrogen (secondary N) is 1. The van der Waals surface area contributed by atoms with Gasteiger partial charge in [-0.05, 0) is 25.5 Å². The van der Waals surface area contributed by atoms with Crippen molar-refractivity contribution in [2.24, 2.45) is 13.0 Å². The van der Waals surface area contributed by atoms with E-state index in [1.165, 1.54) is 11.4 Å². The average molecular weight is 181 g/mol. The van der Waals surface area contributed by atoms with Gasteiger partial charge in [-0.15, -0.1) is 0 Å². The lowest BCUT2D eigenvalue weighted by atomic mass is 10.1. The van der Waals surface area contributed by atoms with Crippen molar-refractivity contribution in [2.45, 2.75) is 26.8 Å². The molecule has 3 nitrogen and oxygen atoms in total. The van der Waals surface area contributed by atoms with Gasteiger partial charge in [0.05, 0.1) is 11.4 Å². The third kappa shape index (κ3) is 2.84. The van der Waals surface area contributed by atoms with Crippen molar-refractivity contribution in [1.82, 2.24) is 15.1 Å². The Labute approximate surface area is 80.1 Å². The van der Waals surface area contributed by atoms with Crippen molar-refractivity contribution < 1.29 is 0 Å². The van der Waals surface area contributed by atoms with Gasteiger partial charge in [0.1, 0.15) is 0 Å². The third-order valence-electron chi connectivity index (χ3n) is 2.00. The molecule has 1 heterocycles. The average Bonchev–Trinajstić information content (AvgIpc) is 2.31. The monoisotopic (exact) mass is 181 g/mol. The molecule has 0 aliphatic heterocycles. The highest BCUT2D eigenvalue weighted by Gasteiger charge is 2.05. The van der Waals surface area contributed by atoms with Crippen molar-refractivity contribution in [3.8, 4) is 0 Å². The van der Waals surface area contributed by atoms with E-state index in [0.29, 0.717) is 5.92 Å². The second-order valence-corrected chi connectivity index (χ2v) is 3.88. The molecule has 0 unspecified atom stereocenters. The van der Waals surface area contributed by atoms with Gasteiger partial charge in [-0.1, -0.05) is 13.8 Å². The van der Waals surface area contributed by atoms with Crippen LogP contribution >= 0.6 is 0 Å². The molecule has 0 fully saturated rings. The molecule has 0 spiro atoms. The van der Waals surface area contributed by atoms with E-state index in [0.717, 1.165) is 13.0 Å². The first-order valence-electron chi connectivity index (χ1n) is 4.80. The van der Waals surface area contributed by atoms with Crippen molar-refractivity contribution in [3.63, 3.8) is 0 Å². The summed E-state index contributed by atoms with van der Waals surface area (Å²) in [6.45, 7) is 5.32. The van der Waals surface area contributed by atoms with Crippen molar-refractivity contribution in [3.05, 3.63) is 17.5 Å². The molecule has 0 atom stereocenters. The molecule has 1 aromatic heterocycles. The molecule has 0 aliphatic carbocycles. The Balaban J connectivity index is 2.70. The zero-order valence-electron chi connectivity index (χ0n) is 8.96. The van der Waals surface area contributed by atoms with Crippen LogP contribution in [0, 0.1) is 5.92 Å². The van der Waals surface area contributed by atoms with Gasteiger partial charge in [-0.25, -0.2) is 0 Å². The lowest BCUT2D eigenvalue weighted by Crippen LogP contribution is -2.09. The van der Waals surface area contributed by atoms with Crippen LogP contribution in [0.1, 0.15) is 25.2 Å². The highest BCUT2D eigenvalue weighted by atomic mass is 15.3. The van der Waals surface area contributed by atoms with Gasteiger partial charge in [0.25, 0.3) is 0 Å². The van der Waals surface area contributed by atoms with Crippen LogP contribution in [0.3, 0.4) is 0 Å². The van der Waals surface area contributed by atoms with Gasteiger partial charge in [-0.3, -0.25) is 4.68 Å². The summed E-state index contributed by atoms with van der Waals surface area (Å²) in [6.07, 6.45) is 1.07. The number of rotatable bonds is 4. The molecular formula is C10H19N3. The molecule has 1 N–H and O–H groups in total. The second kappa shape index (κ2) is 4.42. The molecule has 0 saturated carbocycles. The van der Waals surface area contributed by atoms with Gasteiger partial charge >= 0.3 is 0 Å². The summed E-state index contributed by atoms with van der Waals surface area (Å²) in [7, 11) is 3.95. The van der Waals surface area contributed by atoms with Gasteiger partial charge in [0.2, 0.25) is 0 Å². The minimum absolute atomic E-state index is 0.678. The first-order valence-corrected chi connectivity index (χ1v) is 4.80. The van der Waals surface area contributed by atoms with Crippen molar-refractivity contribution >= 4 is 0 Å². The topological polar surface area (TPSA) is 29.9 Å². The fraction of sp³-hybridized carbons (Fsp3) is 0.700. The van der Waals surface area contributed by atoms with E-state index in [1.54, 1.807) is 0 Å². The van der Waals surface area contributed by atoms with E-state index in [2.05, 4.69) is 30.3 Å². The Hall–Kier alpha value is -0.830. The zero-order chi connectivity index (χ0) is 9.84. The molecule has 0 radical (unpaired) electrons. The van der Waals surface area contributed by atoms with Crippen LogP contribution in [0.15, 0.2) is 6.07 Å². The normalized spacial score (nSPS) is 11.2. The molecule has 1 aromatic rings. The Morgan fingerprint density at radius 2 is 2.23 bits per heavy atom. The maximum absolute atomic E-state index is 4.45.